The zero-order valence-corrected chi connectivity index (χ0v) is 13.1. The highest BCUT2D eigenvalue weighted by atomic mass is 35.5. The molecule has 0 atom stereocenters. The van der Waals surface area contributed by atoms with Gasteiger partial charge in [-0.3, -0.25) is 4.79 Å². The van der Waals surface area contributed by atoms with Gasteiger partial charge >= 0.3 is 0 Å². The van der Waals surface area contributed by atoms with Crippen molar-refractivity contribution >= 4 is 40.2 Å². The van der Waals surface area contributed by atoms with E-state index in [1.807, 2.05) is 12.1 Å². The van der Waals surface area contributed by atoms with Gasteiger partial charge in [0.1, 0.15) is 10.7 Å². The molecule has 2 heterocycles. The maximum Gasteiger partial charge on any atom is 0.273 e. The largest absolute Gasteiger partial charge is 0.330 e. The lowest BCUT2D eigenvalue weighted by Crippen LogP contribution is -2.31. The van der Waals surface area contributed by atoms with Gasteiger partial charge in [-0.05, 0) is 12.1 Å². The average molecular weight is 325 g/mol. The van der Waals surface area contributed by atoms with E-state index in [1.165, 1.54) is 22.7 Å². The second-order valence-electron chi connectivity index (χ2n) is 3.93. The van der Waals surface area contributed by atoms with Crippen LogP contribution in [0.25, 0.3) is 9.88 Å². The molecule has 2 rings (SSSR count). The Hall–Kier alpha value is -1.43. The second-order valence-corrected chi connectivity index (χ2v) is 6.50. The number of thiophene rings is 1. The molecule has 0 aliphatic carbocycles. The number of hydrogen-bond donors (Lipinski definition) is 0. The Bertz CT molecular complexity index is 623. The van der Waals surface area contributed by atoms with E-state index in [4.69, 9.17) is 11.6 Å². The third-order valence-corrected chi connectivity index (χ3v) is 4.74. The van der Waals surface area contributed by atoms with E-state index in [0.717, 1.165) is 9.88 Å². The molecule has 104 valence electrons. The Kier molecular flexibility index (Phi) is 5.11. The van der Waals surface area contributed by atoms with Gasteiger partial charge in [-0.1, -0.05) is 23.8 Å². The summed E-state index contributed by atoms with van der Waals surface area (Å²) in [4.78, 5) is 19.3. The molecule has 0 radical (unpaired) electrons. The van der Waals surface area contributed by atoms with Crippen LogP contribution in [0.3, 0.4) is 0 Å². The van der Waals surface area contributed by atoms with Gasteiger partial charge in [0, 0.05) is 18.5 Å². The number of rotatable bonds is 6. The van der Waals surface area contributed by atoms with Gasteiger partial charge in [-0.15, -0.1) is 35.8 Å². The topological polar surface area (TPSA) is 33.2 Å². The van der Waals surface area contributed by atoms with Crippen molar-refractivity contribution in [3.63, 3.8) is 0 Å². The van der Waals surface area contributed by atoms with E-state index >= 15 is 0 Å². The maximum absolute atomic E-state index is 12.3. The molecule has 0 aliphatic rings. The van der Waals surface area contributed by atoms with Crippen LogP contribution in [-0.2, 0) is 0 Å². The highest BCUT2D eigenvalue weighted by Gasteiger charge is 2.17. The summed E-state index contributed by atoms with van der Waals surface area (Å²) in [6, 6.07) is 3.73. The van der Waals surface area contributed by atoms with Crippen LogP contribution in [0.2, 0.25) is 4.34 Å². The average Bonchev–Trinajstić information content (AvgIpc) is 3.06. The number of aromatic nitrogens is 1. The Morgan fingerprint density at radius 3 is 2.60 bits per heavy atom. The maximum atomic E-state index is 12.3. The van der Waals surface area contributed by atoms with Crippen LogP contribution >= 0.6 is 34.3 Å². The summed E-state index contributed by atoms with van der Waals surface area (Å²) in [7, 11) is 0. The summed E-state index contributed by atoms with van der Waals surface area (Å²) >= 11 is 8.80. The first-order valence-corrected chi connectivity index (χ1v) is 7.95. The molecular formula is C14H13ClN2OS2. The summed E-state index contributed by atoms with van der Waals surface area (Å²) in [5.41, 5.74) is 0.443. The van der Waals surface area contributed by atoms with Crippen LogP contribution in [0.5, 0.6) is 0 Å². The lowest BCUT2D eigenvalue weighted by molar-refractivity contribution is 0.0786. The van der Waals surface area contributed by atoms with Crippen LogP contribution in [0.15, 0.2) is 42.8 Å². The molecule has 0 N–H and O–H groups in total. The molecular weight excluding hydrogens is 312 g/mol. The van der Waals surface area contributed by atoms with Gasteiger partial charge in [-0.2, -0.15) is 0 Å². The number of carbonyl (C=O) groups excluding carboxylic acids is 1. The fraction of sp³-hybridized carbons (Fsp3) is 0.143. The molecule has 0 saturated heterocycles. The number of hydrogen-bond acceptors (Lipinski definition) is 4. The molecule has 0 aromatic carbocycles. The summed E-state index contributed by atoms with van der Waals surface area (Å²) in [5, 5.41) is 2.58. The van der Waals surface area contributed by atoms with Crippen LogP contribution in [0.4, 0.5) is 0 Å². The van der Waals surface area contributed by atoms with Gasteiger partial charge in [0.15, 0.2) is 0 Å². The summed E-state index contributed by atoms with van der Waals surface area (Å²) < 4.78 is 0.711. The molecule has 0 unspecified atom stereocenters. The molecule has 2 aromatic heterocycles. The third-order valence-electron chi connectivity index (χ3n) is 2.49. The van der Waals surface area contributed by atoms with Crippen molar-refractivity contribution in [3.05, 3.63) is 52.9 Å². The van der Waals surface area contributed by atoms with E-state index in [0.29, 0.717) is 23.1 Å². The standard InChI is InChI=1S/C14H13ClN2OS2/c1-3-7-17(8-4-2)14(18)10-9-19-13(16-10)11-5-6-12(15)20-11/h3-6,9H,1-2,7-8H2. The van der Waals surface area contributed by atoms with E-state index in [1.54, 1.807) is 22.4 Å². The van der Waals surface area contributed by atoms with Gasteiger partial charge in [-0.25, -0.2) is 4.98 Å². The molecule has 0 aliphatic heterocycles. The Morgan fingerprint density at radius 2 is 2.05 bits per heavy atom. The van der Waals surface area contributed by atoms with Crippen LogP contribution < -0.4 is 0 Å². The van der Waals surface area contributed by atoms with E-state index in [-0.39, 0.29) is 5.91 Å². The number of halogens is 1. The van der Waals surface area contributed by atoms with Gasteiger partial charge in [0.05, 0.1) is 9.21 Å². The van der Waals surface area contributed by atoms with Crippen molar-refractivity contribution in [3.8, 4) is 9.88 Å². The third kappa shape index (κ3) is 3.36. The SMILES string of the molecule is C=CCN(CC=C)C(=O)c1csc(-c2ccc(Cl)s2)n1. The normalized spacial score (nSPS) is 10.2. The number of thiazole rings is 1. The molecule has 20 heavy (non-hydrogen) atoms. The van der Waals surface area contributed by atoms with E-state index in [9.17, 15) is 4.79 Å². The lowest BCUT2D eigenvalue weighted by Gasteiger charge is -2.17. The molecule has 6 heteroatoms. The van der Waals surface area contributed by atoms with Crippen molar-refractivity contribution in [1.82, 2.24) is 9.88 Å². The minimum absolute atomic E-state index is 0.116. The minimum Gasteiger partial charge on any atom is -0.330 e. The van der Waals surface area contributed by atoms with Crippen LogP contribution in [0, 0.1) is 0 Å². The monoisotopic (exact) mass is 324 g/mol. The van der Waals surface area contributed by atoms with E-state index in [2.05, 4.69) is 18.1 Å². The van der Waals surface area contributed by atoms with Crippen molar-refractivity contribution in [2.75, 3.05) is 13.1 Å². The highest BCUT2D eigenvalue weighted by molar-refractivity contribution is 7.23. The van der Waals surface area contributed by atoms with Gasteiger partial charge in [0.2, 0.25) is 0 Å². The first kappa shape index (κ1) is 15.0. The molecule has 0 spiro atoms. The number of amides is 1. The Labute approximate surface area is 130 Å². The van der Waals surface area contributed by atoms with Crippen molar-refractivity contribution in [2.24, 2.45) is 0 Å². The first-order valence-electron chi connectivity index (χ1n) is 5.88. The molecule has 0 bridgehead atoms. The van der Waals surface area contributed by atoms with Gasteiger partial charge in [0.25, 0.3) is 5.91 Å². The summed E-state index contributed by atoms with van der Waals surface area (Å²) in [6.45, 7) is 8.26. The smallest absolute Gasteiger partial charge is 0.273 e. The fourth-order valence-electron chi connectivity index (χ4n) is 1.63. The molecule has 1 amide bonds. The first-order chi connectivity index (χ1) is 9.65. The van der Waals surface area contributed by atoms with Crippen LogP contribution in [0.1, 0.15) is 10.5 Å². The predicted molar refractivity (Wildman–Crippen MR) is 86.7 cm³/mol. The quantitative estimate of drug-likeness (QED) is 0.741. The summed E-state index contributed by atoms with van der Waals surface area (Å²) in [6.07, 6.45) is 3.38. The lowest BCUT2D eigenvalue weighted by atomic mass is 10.3. The summed E-state index contributed by atoms with van der Waals surface area (Å²) in [5.74, 6) is -0.116. The number of nitrogens with zero attached hydrogens (tertiary/aromatic N) is 2. The Morgan fingerprint density at radius 1 is 1.35 bits per heavy atom. The highest BCUT2D eigenvalue weighted by Crippen LogP contribution is 2.33. The zero-order valence-electron chi connectivity index (χ0n) is 10.7. The Balaban J connectivity index is 2.20. The van der Waals surface area contributed by atoms with E-state index < -0.39 is 0 Å². The molecule has 0 saturated carbocycles. The zero-order chi connectivity index (χ0) is 14.5. The molecule has 0 fully saturated rings. The van der Waals surface area contributed by atoms with Crippen molar-refractivity contribution in [2.45, 2.75) is 0 Å². The fourth-order valence-corrected chi connectivity index (χ4v) is 3.54. The van der Waals surface area contributed by atoms with Crippen molar-refractivity contribution < 1.29 is 4.79 Å². The number of carbonyl (C=O) groups is 1. The molecule has 2 aromatic rings. The molecule has 3 nitrogen and oxygen atoms in total. The predicted octanol–water partition coefficient (Wildman–Crippen LogP) is 4.34. The van der Waals surface area contributed by atoms with Crippen LogP contribution in [-0.4, -0.2) is 28.9 Å². The minimum atomic E-state index is -0.116. The van der Waals surface area contributed by atoms with Gasteiger partial charge < -0.3 is 4.90 Å². The second kappa shape index (κ2) is 6.83. The van der Waals surface area contributed by atoms with Crippen molar-refractivity contribution in [1.29, 1.82) is 0 Å².